The molecule has 0 unspecified atom stereocenters. The quantitative estimate of drug-likeness (QED) is 0.448. The first-order valence-corrected chi connectivity index (χ1v) is 11.2. The Hall–Kier alpha value is -2.62. The van der Waals surface area contributed by atoms with Crippen LogP contribution < -0.4 is 0 Å². The SMILES string of the molecule is Cc1cc(C(C)C)ccn1.Cc1cc(C(C)C)cnc1C.Cc1cc(C(C)C)cnn1. The minimum Gasteiger partial charge on any atom is -0.262 e. The Balaban J connectivity index is 0.000000233. The van der Waals surface area contributed by atoms with Crippen LogP contribution in [0, 0.1) is 27.7 Å². The summed E-state index contributed by atoms with van der Waals surface area (Å²) in [7, 11) is 0. The lowest BCUT2D eigenvalue weighted by Crippen LogP contribution is -1.93. The Morgan fingerprint density at radius 2 is 1.16 bits per heavy atom. The zero-order chi connectivity index (χ0) is 23.6. The van der Waals surface area contributed by atoms with E-state index in [1.54, 1.807) is 0 Å². The molecular formula is C27H40N4. The van der Waals surface area contributed by atoms with Gasteiger partial charge < -0.3 is 0 Å². The molecule has 4 heteroatoms. The summed E-state index contributed by atoms with van der Waals surface area (Å²) >= 11 is 0. The Morgan fingerprint density at radius 1 is 0.613 bits per heavy atom. The second-order valence-electron chi connectivity index (χ2n) is 9.00. The van der Waals surface area contributed by atoms with Crippen LogP contribution in [0.15, 0.2) is 42.9 Å². The highest BCUT2D eigenvalue weighted by Crippen LogP contribution is 2.15. The summed E-state index contributed by atoms with van der Waals surface area (Å²) in [6.45, 7) is 21.2. The van der Waals surface area contributed by atoms with Crippen LogP contribution in [-0.4, -0.2) is 20.2 Å². The molecule has 0 aromatic carbocycles. The number of hydrogen-bond donors (Lipinski definition) is 0. The van der Waals surface area contributed by atoms with Gasteiger partial charge in [-0.1, -0.05) is 47.6 Å². The maximum Gasteiger partial charge on any atom is 0.0603 e. The van der Waals surface area contributed by atoms with Crippen LogP contribution in [-0.2, 0) is 0 Å². The fourth-order valence-corrected chi connectivity index (χ4v) is 2.72. The van der Waals surface area contributed by atoms with Crippen LogP contribution in [0.25, 0.3) is 0 Å². The summed E-state index contributed by atoms with van der Waals surface area (Å²) in [5.41, 5.74) is 8.47. The average Bonchev–Trinajstić information content (AvgIpc) is 2.71. The number of hydrogen-bond acceptors (Lipinski definition) is 4. The minimum absolute atomic E-state index is 0.550. The smallest absolute Gasteiger partial charge is 0.0603 e. The first-order valence-electron chi connectivity index (χ1n) is 11.2. The lowest BCUT2D eigenvalue weighted by Gasteiger charge is -2.06. The molecule has 0 amide bonds. The third kappa shape index (κ3) is 9.82. The molecule has 0 aliphatic carbocycles. The van der Waals surface area contributed by atoms with Gasteiger partial charge >= 0.3 is 0 Å². The molecule has 0 saturated heterocycles. The Kier molecular flexibility index (Phi) is 11.0. The topological polar surface area (TPSA) is 51.6 Å². The standard InChI is InChI=1S/C10H15N.C9H13N.C8H12N2/c1-7(2)10-5-8(3)9(4)11-6-10;1-7(2)9-4-5-10-8(3)6-9;1-6(2)8-4-7(3)10-9-5-8/h5-7H,1-4H3;4-7H,1-3H3;4-6H,1-3H3. The normalized spacial score (nSPS) is 10.5. The van der Waals surface area contributed by atoms with E-state index in [4.69, 9.17) is 0 Å². The molecule has 3 aromatic rings. The van der Waals surface area contributed by atoms with Crippen molar-refractivity contribution in [1.82, 2.24) is 20.2 Å². The predicted molar refractivity (Wildman–Crippen MR) is 132 cm³/mol. The number of pyridine rings is 2. The lowest BCUT2D eigenvalue weighted by molar-refractivity contribution is 0.831. The Labute approximate surface area is 189 Å². The molecule has 0 saturated carbocycles. The molecular weight excluding hydrogens is 380 g/mol. The minimum atomic E-state index is 0.550. The van der Waals surface area contributed by atoms with Crippen LogP contribution in [0.4, 0.5) is 0 Å². The lowest BCUT2D eigenvalue weighted by atomic mass is 10.0. The van der Waals surface area contributed by atoms with Crippen molar-refractivity contribution in [3.8, 4) is 0 Å². The summed E-state index contributed by atoms with van der Waals surface area (Å²) in [5.74, 6) is 1.75. The first-order chi connectivity index (χ1) is 14.5. The van der Waals surface area contributed by atoms with Gasteiger partial charge in [0, 0.05) is 23.8 Å². The fraction of sp³-hybridized carbons (Fsp3) is 0.481. The molecule has 3 rings (SSSR count). The maximum atomic E-state index is 4.30. The highest BCUT2D eigenvalue weighted by Gasteiger charge is 2.01. The van der Waals surface area contributed by atoms with E-state index in [1.165, 1.54) is 22.3 Å². The highest BCUT2D eigenvalue weighted by atomic mass is 15.1. The summed E-state index contributed by atoms with van der Waals surface area (Å²) < 4.78 is 0. The summed E-state index contributed by atoms with van der Waals surface area (Å²) in [5, 5.41) is 7.73. The zero-order valence-electron chi connectivity index (χ0n) is 21.1. The second kappa shape index (κ2) is 12.9. The van der Waals surface area contributed by atoms with Gasteiger partial charge in [0.05, 0.1) is 11.9 Å². The molecule has 0 atom stereocenters. The van der Waals surface area contributed by atoms with Gasteiger partial charge in [-0.15, -0.1) is 0 Å². The van der Waals surface area contributed by atoms with Crippen molar-refractivity contribution in [2.24, 2.45) is 0 Å². The Bertz CT molecular complexity index is 881. The number of aromatic nitrogens is 4. The second-order valence-corrected chi connectivity index (χ2v) is 9.00. The first kappa shape index (κ1) is 26.4. The van der Waals surface area contributed by atoms with Crippen molar-refractivity contribution in [2.45, 2.75) is 87.0 Å². The number of nitrogens with zero attached hydrogens (tertiary/aromatic N) is 4. The molecule has 0 aliphatic rings. The van der Waals surface area contributed by atoms with E-state index < -0.39 is 0 Å². The summed E-state index contributed by atoms with van der Waals surface area (Å²) in [6, 6.07) is 8.48. The number of aryl methyl sites for hydroxylation is 4. The van der Waals surface area contributed by atoms with Crippen LogP contribution >= 0.6 is 0 Å². The van der Waals surface area contributed by atoms with Crippen molar-refractivity contribution < 1.29 is 0 Å². The molecule has 0 spiro atoms. The molecule has 0 fully saturated rings. The van der Waals surface area contributed by atoms with Crippen LogP contribution in [0.5, 0.6) is 0 Å². The monoisotopic (exact) mass is 420 g/mol. The van der Waals surface area contributed by atoms with Crippen molar-refractivity contribution in [3.63, 3.8) is 0 Å². The van der Waals surface area contributed by atoms with E-state index in [2.05, 4.69) is 92.9 Å². The molecule has 168 valence electrons. The number of rotatable bonds is 3. The third-order valence-corrected chi connectivity index (χ3v) is 5.08. The Morgan fingerprint density at radius 3 is 1.58 bits per heavy atom. The van der Waals surface area contributed by atoms with Gasteiger partial charge in [0.1, 0.15) is 0 Å². The van der Waals surface area contributed by atoms with E-state index >= 15 is 0 Å². The van der Waals surface area contributed by atoms with Gasteiger partial charge in [0.25, 0.3) is 0 Å². The van der Waals surface area contributed by atoms with E-state index in [0.29, 0.717) is 17.8 Å². The molecule has 3 heterocycles. The van der Waals surface area contributed by atoms with Crippen LogP contribution in [0.3, 0.4) is 0 Å². The van der Waals surface area contributed by atoms with Crippen LogP contribution in [0.1, 0.15) is 98.6 Å². The fourth-order valence-electron chi connectivity index (χ4n) is 2.72. The van der Waals surface area contributed by atoms with Crippen molar-refractivity contribution in [3.05, 3.63) is 82.2 Å². The van der Waals surface area contributed by atoms with E-state index in [1.807, 2.05) is 39.4 Å². The van der Waals surface area contributed by atoms with Crippen molar-refractivity contribution >= 4 is 0 Å². The largest absolute Gasteiger partial charge is 0.262 e. The van der Waals surface area contributed by atoms with Gasteiger partial charge in [-0.2, -0.15) is 10.2 Å². The van der Waals surface area contributed by atoms with E-state index in [9.17, 15) is 0 Å². The summed E-state index contributed by atoms with van der Waals surface area (Å²) in [4.78, 5) is 8.42. The van der Waals surface area contributed by atoms with E-state index in [0.717, 1.165) is 17.1 Å². The molecule has 0 bridgehead atoms. The molecule has 0 radical (unpaired) electrons. The van der Waals surface area contributed by atoms with Gasteiger partial charge in [-0.25, -0.2) is 0 Å². The molecule has 0 N–H and O–H groups in total. The highest BCUT2D eigenvalue weighted by molar-refractivity contribution is 5.24. The molecule has 4 nitrogen and oxygen atoms in total. The van der Waals surface area contributed by atoms with E-state index in [-0.39, 0.29) is 0 Å². The van der Waals surface area contributed by atoms with Gasteiger partial charge in [-0.05, 0) is 85.9 Å². The summed E-state index contributed by atoms with van der Waals surface area (Å²) in [6.07, 6.45) is 5.65. The van der Waals surface area contributed by atoms with Gasteiger partial charge in [-0.3, -0.25) is 9.97 Å². The third-order valence-electron chi connectivity index (χ3n) is 5.08. The van der Waals surface area contributed by atoms with Crippen LogP contribution in [0.2, 0.25) is 0 Å². The van der Waals surface area contributed by atoms with Gasteiger partial charge in [0.2, 0.25) is 0 Å². The van der Waals surface area contributed by atoms with Crippen molar-refractivity contribution in [2.75, 3.05) is 0 Å². The van der Waals surface area contributed by atoms with Crippen molar-refractivity contribution in [1.29, 1.82) is 0 Å². The van der Waals surface area contributed by atoms with Gasteiger partial charge in [0.15, 0.2) is 0 Å². The zero-order valence-corrected chi connectivity index (χ0v) is 21.1. The molecule has 3 aromatic heterocycles. The molecule has 31 heavy (non-hydrogen) atoms. The maximum absolute atomic E-state index is 4.30. The average molecular weight is 421 g/mol. The molecule has 0 aliphatic heterocycles. The predicted octanol–water partition coefficient (Wildman–Crippen LogP) is 7.24.